The molecular weight excluding hydrogens is 387 g/mol. The first kappa shape index (κ1) is 27.4. The summed E-state index contributed by atoms with van der Waals surface area (Å²) in [5.74, 6) is -2.54. The van der Waals surface area contributed by atoms with Crippen molar-refractivity contribution in [2.45, 2.75) is 61.3 Å². The molecule has 166 valence electrons. The molecule has 0 saturated carbocycles. The van der Waals surface area contributed by atoms with E-state index in [-0.39, 0.29) is 11.6 Å². The first-order chi connectivity index (χ1) is 14.0. The van der Waals surface area contributed by atoms with E-state index in [1.807, 2.05) is 13.8 Å². The molecule has 1 atom stereocenters. The van der Waals surface area contributed by atoms with Crippen LogP contribution >= 0.6 is 0 Å². The molecule has 0 radical (unpaired) electrons. The van der Waals surface area contributed by atoms with Crippen molar-refractivity contribution in [1.29, 1.82) is 0 Å². The Labute approximate surface area is 179 Å². The SMILES string of the molecule is C=C(C)\C(N=CC(C)CC)=C(C)/C=N/C(=C(\C)F)c1c(F)ccc(N)c1F.CCC. The van der Waals surface area contributed by atoms with Crippen molar-refractivity contribution in [2.75, 3.05) is 5.73 Å². The van der Waals surface area contributed by atoms with Crippen LogP contribution in [0.2, 0.25) is 0 Å². The summed E-state index contributed by atoms with van der Waals surface area (Å²) in [6, 6.07) is 2.06. The minimum atomic E-state index is -1.05. The van der Waals surface area contributed by atoms with E-state index in [0.717, 1.165) is 25.5 Å². The second-order valence-corrected chi connectivity index (χ2v) is 7.15. The largest absolute Gasteiger partial charge is 0.396 e. The molecule has 1 rings (SSSR count). The topological polar surface area (TPSA) is 50.7 Å². The smallest absolute Gasteiger partial charge is 0.158 e. The zero-order chi connectivity index (χ0) is 23.4. The summed E-state index contributed by atoms with van der Waals surface area (Å²) in [6.45, 7) is 16.8. The molecule has 0 saturated heterocycles. The van der Waals surface area contributed by atoms with Gasteiger partial charge < -0.3 is 5.73 Å². The van der Waals surface area contributed by atoms with E-state index in [2.05, 4.69) is 30.4 Å². The highest BCUT2D eigenvalue weighted by atomic mass is 19.1. The van der Waals surface area contributed by atoms with Gasteiger partial charge in [0.05, 0.1) is 16.9 Å². The fourth-order valence-corrected chi connectivity index (χ4v) is 2.19. The lowest BCUT2D eigenvalue weighted by Crippen LogP contribution is -2.01. The molecule has 1 aromatic rings. The van der Waals surface area contributed by atoms with Gasteiger partial charge in [-0.2, -0.15) is 0 Å². The molecule has 0 amide bonds. The third kappa shape index (κ3) is 8.39. The van der Waals surface area contributed by atoms with Crippen molar-refractivity contribution in [1.82, 2.24) is 0 Å². The number of hydrogen-bond acceptors (Lipinski definition) is 3. The third-order valence-corrected chi connectivity index (χ3v) is 3.95. The van der Waals surface area contributed by atoms with Gasteiger partial charge in [0.2, 0.25) is 0 Å². The van der Waals surface area contributed by atoms with E-state index in [1.54, 1.807) is 20.1 Å². The lowest BCUT2D eigenvalue weighted by Gasteiger charge is -2.09. The van der Waals surface area contributed by atoms with Crippen LogP contribution in [0.5, 0.6) is 0 Å². The fraction of sp³-hybridized carbons (Fsp3) is 0.417. The van der Waals surface area contributed by atoms with Crippen LogP contribution in [0.3, 0.4) is 0 Å². The van der Waals surface area contributed by atoms with Gasteiger partial charge in [-0.15, -0.1) is 0 Å². The van der Waals surface area contributed by atoms with Crippen LogP contribution in [0, 0.1) is 17.6 Å². The number of nitrogen functional groups attached to an aromatic ring is 1. The summed E-state index contributed by atoms with van der Waals surface area (Å²) in [4.78, 5) is 8.40. The molecular formula is C24H34F3N3. The van der Waals surface area contributed by atoms with Crippen molar-refractivity contribution in [2.24, 2.45) is 15.9 Å². The van der Waals surface area contributed by atoms with Gasteiger partial charge in [-0.1, -0.05) is 40.7 Å². The molecule has 0 aromatic heterocycles. The zero-order valence-corrected chi connectivity index (χ0v) is 19.1. The zero-order valence-electron chi connectivity index (χ0n) is 19.1. The highest BCUT2D eigenvalue weighted by molar-refractivity contribution is 5.87. The minimum absolute atomic E-state index is 0.281. The van der Waals surface area contributed by atoms with E-state index in [9.17, 15) is 13.2 Å². The summed E-state index contributed by atoms with van der Waals surface area (Å²) in [7, 11) is 0. The van der Waals surface area contributed by atoms with Crippen molar-refractivity contribution in [3.05, 3.63) is 58.6 Å². The van der Waals surface area contributed by atoms with Gasteiger partial charge in [0, 0.05) is 12.4 Å². The molecule has 0 aliphatic heterocycles. The number of nitrogens with two attached hydrogens (primary N) is 1. The highest BCUT2D eigenvalue weighted by Crippen LogP contribution is 2.29. The Morgan fingerprint density at radius 2 is 1.70 bits per heavy atom. The minimum Gasteiger partial charge on any atom is -0.396 e. The summed E-state index contributed by atoms with van der Waals surface area (Å²) < 4.78 is 42.3. The fourth-order valence-electron chi connectivity index (χ4n) is 2.19. The van der Waals surface area contributed by atoms with Crippen LogP contribution in [0.25, 0.3) is 5.70 Å². The average Bonchev–Trinajstić information content (AvgIpc) is 2.67. The van der Waals surface area contributed by atoms with Crippen LogP contribution in [0.1, 0.15) is 66.9 Å². The van der Waals surface area contributed by atoms with E-state index in [0.29, 0.717) is 16.8 Å². The van der Waals surface area contributed by atoms with Crippen molar-refractivity contribution in [3.63, 3.8) is 0 Å². The normalized spacial score (nSPS) is 14.2. The Morgan fingerprint density at radius 3 is 2.17 bits per heavy atom. The molecule has 0 fully saturated rings. The van der Waals surface area contributed by atoms with Gasteiger partial charge >= 0.3 is 0 Å². The van der Waals surface area contributed by atoms with Crippen LogP contribution in [-0.4, -0.2) is 12.4 Å². The number of anilines is 1. The molecule has 0 spiro atoms. The molecule has 3 nitrogen and oxygen atoms in total. The maximum absolute atomic E-state index is 14.2. The van der Waals surface area contributed by atoms with Crippen LogP contribution in [0.4, 0.5) is 18.9 Å². The Morgan fingerprint density at radius 1 is 1.13 bits per heavy atom. The summed E-state index contributed by atoms with van der Waals surface area (Å²) >= 11 is 0. The van der Waals surface area contributed by atoms with Crippen LogP contribution in [0.15, 0.2) is 51.4 Å². The second kappa shape index (κ2) is 13.6. The van der Waals surface area contributed by atoms with Crippen LogP contribution in [-0.2, 0) is 0 Å². The van der Waals surface area contributed by atoms with E-state index in [1.165, 1.54) is 12.6 Å². The Bertz CT molecular complexity index is 845. The standard InChI is InChI=1S/C21H26F3N3.C3H8/c1-7-13(4)10-26-20(12(2)3)14(5)11-27-21(15(6)22)18-16(23)8-9-17(25)19(18)24;1-3-2/h8-11,13H,2,7,25H2,1,3-6H3;3H2,1-2H3/b20-14+,21-15+,26-10?,27-11+;. The Hall–Kier alpha value is -2.63. The molecule has 6 heteroatoms. The van der Waals surface area contributed by atoms with Gasteiger partial charge in [0.15, 0.2) is 5.82 Å². The number of rotatable bonds is 7. The predicted molar refractivity (Wildman–Crippen MR) is 124 cm³/mol. The molecule has 0 aliphatic carbocycles. The Kier molecular flexibility index (Phi) is 12.4. The third-order valence-electron chi connectivity index (χ3n) is 3.95. The molecule has 2 N–H and O–H groups in total. The quantitative estimate of drug-likeness (QED) is 0.274. The lowest BCUT2D eigenvalue weighted by molar-refractivity contribution is 0.575. The first-order valence-corrected chi connectivity index (χ1v) is 10.1. The molecule has 1 aromatic carbocycles. The Balaban J connectivity index is 0.00000263. The summed E-state index contributed by atoms with van der Waals surface area (Å²) in [6.07, 6.45) is 5.30. The average molecular weight is 422 g/mol. The van der Waals surface area contributed by atoms with Gasteiger partial charge in [0.1, 0.15) is 17.3 Å². The number of benzene rings is 1. The summed E-state index contributed by atoms with van der Waals surface area (Å²) in [5, 5.41) is 0. The van der Waals surface area contributed by atoms with E-state index in [4.69, 9.17) is 5.73 Å². The lowest BCUT2D eigenvalue weighted by atomic mass is 10.1. The van der Waals surface area contributed by atoms with E-state index < -0.39 is 28.7 Å². The van der Waals surface area contributed by atoms with E-state index >= 15 is 0 Å². The summed E-state index contributed by atoms with van der Waals surface area (Å²) in [5.41, 5.74) is 6.01. The number of nitrogens with zero attached hydrogens (tertiary/aromatic N) is 2. The van der Waals surface area contributed by atoms with Gasteiger partial charge in [-0.25, -0.2) is 13.2 Å². The molecule has 0 aliphatic rings. The molecule has 0 bridgehead atoms. The van der Waals surface area contributed by atoms with Gasteiger partial charge in [-0.3, -0.25) is 9.98 Å². The van der Waals surface area contributed by atoms with Crippen molar-refractivity contribution >= 4 is 23.8 Å². The van der Waals surface area contributed by atoms with Crippen LogP contribution < -0.4 is 5.73 Å². The molecule has 0 heterocycles. The van der Waals surface area contributed by atoms with Crippen molar-refractivity contribution < 1.29 is 13.2 Å². The monoisotopic (exact) mass is 421 g/mol. The van der Waals surface area contributed by atoms with Gasteiger partial charge in [-0.05, 0) is 56.4 Å². The predicted octanol–water partition coefficient (Wildman–Crippen LogP) is 7.66. The number of allylic oxidation sites excluding steroid dienone is 3. The first-order valence-electron chi connectivity index (χ1n) is 10.1. The molecule has 1 unspecified atom stereocenters. The number of aliphatic imine (C=N–C) groups is 2. The highest BCUT2D eigenvalue weighted by Gasteiger charge is 2.18. The maximum atomic E-state index is 14.2. The van der Waals surface area contributed by atoms with Crippen molar-refractivity contribution in [3.8, 4) is 0 Å². The number of halogens is 3. The second-order valence-electron chi connectivity index (χ2n) is 7.15. The maximum Gasteiger partial charge on any atom is 0.158 e. The van der Waals surface area contributed by atoms with Gasteiger partial charge in [0.25, 0.3) is 0 Å². The number of hydrogen-bond donors (Lipinski definition) is 1. The molecule has 30 heavy (non-hydrogen) atoms.